The Balaban J connectivity index is 1.54. The number of hydrogen-bond acceptors (Lipinski definition) is 2. The van der Waals surface area contributed by atoms with Crippen molar-refractivity contribution in [1.82, 2.24) is 9.55 Å². The molecule has 4 aromatic rings. The lowest BCUT2D eigenvalue weighted by atomic mass is 10.2. The van der Waals surface area contributed by atoms with Gasteiger partial charge < -0.3 is 9.88 Å². The minimum absolute atomic E-state index is 0.0160. The van der Waals surface area contributed by atoms with Crippen molar-refractivity contribution in [3.05, 3.63) is 103 Å². The number of benzene rings is 3. The van der Waals surface area contributed by atoms with E-state index in [1.54, 1.807) is 0 Å². The molecule has 3 aromatic carbocycles. The van der Waals surface area contributed by atoms with Crippen molar-refractivity contribution in [2.45, 2.75) is 19.8 Å². The third-order valence-electron chi connectivity index (χ3n) is 4.79. The van der Waals surface area contributed by atoms with E-state index >= 15 is 0 Å². The summed E-state index contributed by atoms with van der Waals surface area (Å²) in [4.78, 5) is 17.3. The van der Waals surface area contributed by atoms with Crippen LogP contribution in [-0.2, 0) is 11.2 Å². The van der Waals surface area contributed by atoms with Crippen LogP contribution < -0.4 is 5.32 Å². The molecule has 4 heteroatoms. The van der Waals surface area contributed by atoms with Crippen molar-refractivity contribution in [2.24, 2.45) is 0 Å². The lowest BCUT2D eigenvalue weighted by Gasteiger charge is -2.08. The second-order valence-electron chi connectivity index (χ2n) is 7.03. The number of rotatable bonds is 6. The van der Waals surface area contributed by atoms with Gasteiger partial charge >= 0.3 is 0 Å². The Kier molecular flexibility index (Phi) is 5.52. The van der Waals surface area contributed by atoms with Gasteiger partial charge in [0.1, 0.15) is 5.82 Å². The molecule has 1 N–H and O–H groups in total. The number of para-hydroxylation sites is 1. The van der Waals surface area contributed by atoms with E-state index in [0.717, 1.165) is 28.5 Å². The zero-order valence-corrected chi connectivity index (χ0v) is 16.4. The van der Waals surface area contributed by atoms with Gasteiger partial charge in [0.15, 0.2) is 0 Å². The van der Waals surface area contributed by atoms with Gasteiger partial charge in [-0.25, -0.2) is 4.98 Å². The molecule has 0 bridgehead atoms. The number of carbonyl (C=O) groups excluding carboxylic acids is 1. The largest absolute Gasteiger partial charge is 0.326 e. The first-order valence-corrected chi connectivity index (χ1v) is 9.75. The maximum Gasteiger partial charge on any atom is 0.224 e. The van der Waals surface area contributed by atoms with E-state index in [9.17, 15) is 4.79 Å². The van der Waals surface area contributed by atoms with Crippen molar-refractivity contribution in [1.29, 1.82) is 0 Å². The number of amides is 1. The number of aryl methyl sites for hydroxylation is 2. The van der Waals surface area contributed by atoms with Crippen LogP contribution >= 0.6 is 0 Å². The quantitative estimate of drug-likeness (QED) is 0.485. The standard InChI is InChI=1S/C25H23N3O/c1-19-12-14-21(15-13-19)26-25(29)17-16-24-27-23(20-8-4-2-5-9-20)18-28(24)22-10-6-3-7-11-22/h2-15,18H,16-17H2,1H3,(H,26,29). The van der Waals surface area contributed by atoms with Crippen molar-refractivity contribution in [2.75, 3.05) is 5.32 Å². The molecule has 144 valence electrons. The fraction of sp³-hybridized carbons (Fsp3) is 0.120. The van der Waals surface area contributed by atoms with Crippen LogP contribution in [0.2, 0.25) is 0 Å². The number of aromatic nitrogens is 2. The van der Waals surface area contributed by atoms with E-state index < -0.39 is 0 Å². The van der Waals surface area contributed by atoms with Crippen LogP contribution in [0.15, 0.2) is 91.1 Å². The molecular formula is C25H23N3O. The van der Waals surface area contributed by atoms with Gasteiger partial charge in [-0.2, -0.15) is 0 Å². The highest BCUT2D eigenvalue weighted by Gasteiger charge is 2.13. The van der Waals surface area contributed by atoms with Gasteiger partial charge in [-0.3, -0.25) is 4.79 Å². The fourth-order valence-corrected chi connectivity index (χ4v) is 3.24. The number of anilines is 1. The fourth-order valence-electron chi connectivity index (χ4n) is 3.24. The van der Waals surface area contributed by atoms with E-state index in [4.69, 9.17) is 4.98 Å². The Hall–Kier alpha value is -3.66. The summed E-state index contributed by atoms with van der Waals surface area (Å²) in [5, 5.41) is 2.96. The molecule has 0 saturated carbocycles. The highest BCUT2D eigenvalue weighted by atomic mass is 16.1. The Bertz CT molecular complexity index is 1080. The van der Waals surface area contributed by atoms with Crippen LogP contribution in [0.3, 0.4) is 0 Å². The molecule has 0 aliphatic carbocycles. The summed E-state index contributed by atoms with van der Waals surface area (Å²) < 4.78 is 2.07. The van der Waals surface area contributed by atoms with Crippen LogP contribution in [0.4, 0.5) is 5.69 Å². The molecule has 0 saturated heterocycles. The number of nitrogens with zero attached hydrogens (tertiary/aromatic N) is 2. The first-order valence-electron chi connectivity index (χ1n) is 9.75. The van der Waals surface area contributed by atoms with Gasteiger partial charge in [-0.15, -0.1) is 0 Å². The highest BCUT2D eigenvalue weighted by Crippen LogP contribution is 2.22. The number of nitrogens with one attached hydrogen (secondary N) is 1. The van der Waals surface area contributed by atoms with Gasteiger partial charge in [0.2, 0.25) is 5.91 Å². The van der Waals surface area contributed by atoms with Crippen LogP contribution in [0, 0.1) is 6.92 Å². The van der Waals surface area contributed by atoms with Gasteiger partial charge in [0.25, 0.3) is 0 Å². The maximum absolute atomic E-state index is 12.4. The molecule has 0 radical (unpaired) electrons. The lowest BCUT2D eigenvalue weighted by Crippen LogP contribution is -2.13. The molecule has 1 aromatic heterocycles. The molecule has 0 fully saturated rings. The van der Waals surface area contributed by atoms with Crippen molar-refractivity contribution >= 4 is 11.6 Å². The predicted octanol–water partition coefficient (Wildman–Crippen LogP) is 5.42. The maximum atomic E-state index is 12.4. The van der Waals surface area contributed by atoms with E-state index in [0.29, 0.717) is 12.8 Å². The summed E-state index contributed by atoms with van der Waals surface area (Å²) in [6.07, 6.45) is 2.96. The molecule has 1 heterocycles. The van der Waals surface area contributed by atoms with Crippen LogP contribution in [-0.4, -0.2) is 15.5 Å². The third-order valence-corrected chi connectivity index (χ3v) is 4.79. The minimum atomic E-state index is -0.0160. The second-order valence-corrected chi connectivity index (χ2v) is 7.03. The molecule has 0 atom stereocenters. The van der Waals surface area contributed by atoms with Gasteiger partial charge in [-0.1, -0.05) is 66.2 Å². The molecule has 29 heavy (non-hydrogen) atoms. The summed E-state index contributed by atoms with van der Waals surface area (Å²) in [5.41, 5.74) is 4.99. The highest BCUT2D eigenvalue weighted by molar-refractivity contribution is 5.90. The van der Waals surface area contributed by atoms with Crippen molar-refractivity contribution < 1.29 is 4.79 Å². The van der Waals surface area contributed by atoms with Crippen LogP contribution in [0.25, 0.3) is 16.9 Å². The monoisotopic (exact) mass is 381 g/mol. The second kappa shape index (κ2) is 8.57. The molecule has 1 amide bonds. The summed E-state index contributed by atoms with van der Waals surface area (Å²) in [7, 11) is 0. The predicted molar refractivity (Wildman–Crippen MR) is 117 cm³/mol. The van der Waals surface area contributed by atoms with Crippen LogP contribution in [0.5, 0.6) is 0 Å². The minimum Gasteiger partial charge on any atom is -0.326 e. The first-order chi connectivity index (χ1) is 14.2. The Morgan fingerprint density at radius 2 is 1.55 bits per heavy atom. The zero-order chi connectivity index (χ0) is 20.1. The smallest absolute Gasteiger partial charge is 0.224 e. The van der Waals surface area contributed by atoms with E-state index in [2.05, 4.69) is 9.88 Å². The SMILES string of the molecule is Cc1ccc(NC(=O)CCc2nc(-c3ccccc3)cn2-c2ccccc2)cc1. The number of imidazole rings is 1. The van der Waals surface area contributed by atoms with Gasteiger partial charge in [0, 0.05) is 36.0 Å². The molecule has 0 spiro atoms. The molecule has 4 rings (SSSR count). The molecule has 0 unspecified atom stereocenters. The average Bonchev–Trinajstić information content (AvgIpc) is 3.20. The summed E-state index contributed by atoms with van der Waals surface area (Å²) in [6.45, 7) is 2.03. The lowest BCUT2D eigenvalue weighted by molar-refractivity contribution is -0.116. The summed E-state index contributed by atoms with van der Waals surface area (Å²) in [6, 6.07) is 28.0. The summed E-state index contributed by atoms with van der Waals surface area (Å²) >= 11 is 0. The molecule has 4 nitrogen and oxygen atoms in total. The topological polar surface area (TPSA) is 46.9 Å². The van der Waals surface area contributed by atoms with E-state index in [1.807, 2.05) is 98.0 Å². The normalized spacial score (nSPS) is 10.7. The molecule has 0 aliphatic rings. The summed E-state index contributed by atoms with van der Waals surface area (Å²) in [5.74, 6) is 0.854. The van der Waals surface area contributed by atoms with Crippen molar-refractivity contribution in [3.63, 3.8) is 0 Å². The molecular weight excluding hydrogens is 358 g/mol. The number of hydrogen-bond donors (Lipinski definition) is 1. The third kappa shape index (κ3) is 4.61. The van der Waals surface area contributed by atoms with Crippen LogP contribution in [0.1, 0.15) is 17.8 Å². The van der Waals surface area contributed by atoms with E-state index in [-0.39, 0.29) is 5.91 Å². The molecule has 0 aliphatic heterocycles. The van der Waals surface area contributed by atoms with Gasteiger partial charge in [-0.05, 0) is 31.2 Å². The average molecular weight is 381 g/mol. The zero-order valence-electron chi connectivity index (χ0n) is 16.4. The van der Waals surface area contributed by atoms with E-state index in [1.165, 1.54) is 5.56 Å². The Labute approximate surface area is 170 Å². The first kappa shape index (κ1) is 18.7. The van der Waals surface area contributed by atoms with Gasteiger partial charge in [0.05, 0.1) is 5.69 Å². The number of carbonyl (C=O) groups is 1. The Morgan fingerprint density at radius 1 is 0.897 bits per heavy atom. The Morgan fingerprint density at radius 3 is 2.24 bits per heavy atom. The van der Waals surface area contributed by atoms with Crippen molar-refractivity contribution in [3.8, 4) is 16.9 Å².